The van der Waals surface area contributed by atoms with E-state index in [1.165, 1.54) is 0 Å². The van der Waals surface area contributed by atoms with Gasteiger partial charge in [-0.05, 0) is 34.9 Å². The third-order valence-electron chi connectivity index (χ3n) is 2.42. The Balaban J connectivity index is 2.49. The first-order valence-corrected chi connectivity index (χ1v) is 7.76. The van der Waals surface area contributed by atoms with Crippen molar-refractivity contribution in [3.63, 3.8) is 0 Å². The maximum Gasteiger partial charge on any atom is 0.181 e. The fourth-order valence-corrected chi connectivity index (χ4v) is 2.88. The van der Waals surface area contributed by atoms with Crippen molar-refractivity contribution < 1.29 is 0 Å². The van der Waals surface area contributed by atoms with Gasteiger partial charge in [0.2, 0.25) is 0 Å². The van der Waals surface area contributed by atoms with Crippen molar-refractivity contribution in [2.75, 3.05) is 12.4 Å². The van der Waals surface area contributed by atoms with Gasteiger partial charge in [-0.2, -0.15) is 0 Å². The number of hydrogen-bond acceptors (Lipinski definition) is 5. The predicted octanol–water partition coefficient (Wildman–Crippen LogP) is 3.44. The Hall–Kier alpha value is -0.760. The molecule has 0 bridgehead atoms. The van der Waals surface area contributed by atoms with Gasteiger partial charge < -0.3 is 5.32 Å². The van der Waals surface area contributed by atoms with Crippen molar-refractivity contribution >= 4 is 39.7 Å². The molecule has 0 unspecified atom stereocenters. The quantitative estimate of drug-likeness (QED) is 0.833. The standard InChI is InChI=1S/C12H15IN4S/c1-7(2)4-8-10(13)12(14-3)17-11(16-8)9-5-18-6-15-9/h5-7H,4H2,1-3H3,(H,14,16,17). The molecule has 1 N–H and O–H groups in total. The molecule has 0 saturated heterocycles. The van der Waals surface area contributed by atoms with E-state index in [2.05, 4.69) is 56.7 Å². The Morgan fingerprint density at radius 2 is 2.17 bits per heavy atom. The van der Waals surface area contributed by atoms with E-state index >= 15 is 0 Å². The summed E-state index contributed by atoms with van der Waals surface area (Å²) in [4.78, 5) is 13.4. The van der Waals surface area contributed by atoms with Crippen LogP contribution in [0.2, 0.25) is 0 Å². The summed E-state index contributed by atoms with van der Waals surface area (Å²) in [5.41, 5.74) is 3.74. The molecular weight excluding hydrogens is 359 g/mol. The Morgan fingerprint density at radius 1 is 1.39 bits per heavy atom. The summed E-state index contributed by atoms with van der Waals surface area (Å²) in [6, 6.07) is 0. The van der Waals surface area contributed by atoms with Gasteiger partial charge in [0, 0.05) is 12.4 Å². The van der Waals surface area contributed by atoms with Crippen molar-refractivity contribution in [3.8, 4) is 11.5 Å². The Bertz CT molecular complexity index is 525. The number of halogens is 1. The fourth-order valence-electron chi connectivity index (χ4n) is 1.62. The number of aromatic nitrogens is 3. The van der Waals surface area contributed by atoms with E-state index < -0.39 is 0 Å². The zero-order valence-electron chi connectivity index (χ0n) is 10.6. The molecule has 0 aliphatic carbocycles. The van der Waals surface area contributed by atoms with Crippen LogP contribution >= 0.6 is 33.9 Å². The Morgan fingerprint density at radius 3 is 2.72 bits per heavy atom. The second-order valence-electron chi connectivity index (χ2n) is 4.38. The van der Waals surface area contributed by atoms with Gasteiger partial charge >= 0.3 is 0 Å². The molecule has 0 saturated carbocycles. The van der Waals surface area contributed by atoms with Gasteiger partial charge in [-0.1, -0.05) is 13.8 Å². The smallest absolute Gasteiger partial charge is 0.181 e. The zero-order valence-corrected chi connectivity index (χ0v) is 13.5. The molecule has 0 aliphatic heterocycles. The van der Waals surface area contributed by atoms with Gasteiger partial charge in [0.1, 0.15) is 11.5 Å². The molecule has 0 spiro atoms. The van der Waals surface area contributed by atoms with Gasteiger partial charge in [-0.25, -0.2) is 15.0 Å². The summed E-state index contributed by atoms with van der Waals surface area (Å²) >= 11 is 3.86. The van der Waals surface area contributed by atoms with E-state index in [-0.39, 0.29) is 0 Å². The first-order valence-electron chi connectivity index (χ1n) is 5.74. The number of thiazole rings is 1. The highest BCUT2D eigenvalue weighted by Gasteiger charge is 2.14. The largest absolute Gasteiger partial charge is 0.372 e. The topological polar surface area (TPSA) is 50.7 Å². The minimum atomic E-state index is 0.571. The molecule has 96 valence electrons. The molecule has 4 nitrogen and oxygen atoms in total. The van der Waals surface area contributed by atoms with Crippen LogP contribution in [0.25, 0.3) is 11.5 Å². The SMILES string of the molecule is CNc1nc(-c2cscn2)nc(CC(C)C)c1I. The molecule has 6 heteroatoms. The molecule has 2 aromatic rings. The molecule has 0 fully saturated rings. The molecule has 18 heavy (non-hydrogen) atoms. The van der Waals surface area contributed by atoms with Crippen molar-refractivity contribution in [2.24, 2.45) is 5.92 Å². The van der Waals surface area contributed by atoms with Crippen LogP contribution in [0.3, 0.4) is 0 Å². The van der Waals surface area contributed by atoms with Crippen LogP contribution in [-0.2, 0) is 6.42 Å². The molecular formula is C12H15IN4S. The minimum Gasteiger partial charge on any atom is -0.372 e. The molecule has 0 aromatic carbocycles. The average Bonchev–Trinajstić information content (AvgIpc) is 2.84. The number of nitrogens with zero attached hydrogens (tertiary/aromatic N) is 3. The van der Waals surface area contributed by atoms with Crippen molar-refractivity contribution in [1.82, 2.24) is 15.0 Å². The average molecular weight is 374 g/mol. The molecule has 2 rings (SSSR count). The molecule has 2 heterocycles. The molecule has 2 aromatic heterocycles. The number of hydrogen-bond donors (Lipinski definition) is 1. The summed E-state index contributed by atoms with van der Waals surface area (Å²) in [6.45, 7) is 4.39. The lowest BCUT2D eigenvalue weighted by Gasteiger charge is -2.11. The monoisotopic (exact) mass is 374 g/mol. The second-order valence-corrected chi connectivity index (χ2v) is 6.18. The van der Waals surface area contributed by atoms with Crippen LogP contribution in [0.4, 0.5) is 5.82 Å². The fraction of sp³-hybridized carbons (Fsp3) is 0.417. The second kappa shape index (κ2) is 5.92. The lowest BCUT2D eigenvalue weighted by atomic mass is 10.1. The van der Waals surface area contributed by atoms with E-state index in [4.69, 9.17) is 0 Å². The Labute approximate surface area is 124 Å². The highest BCUT2D eigenvalue weighted by Crippen LogP contribution is 2.25. The summed E-state index contributed by atoms with van der Waals surface area (Å²) in [7, 11) is 1.88. The molecule has 0 radical (unpaired) electrons. The minimum absolute atomic E-state index is 0.571. The van der Waals surface area contributed by atoms with Gasteiger partial charge in [-0.3, -0.25) is 0 Å². The van der Waals surface area contributed by atoms with E-state index in [0.29, 0.717) is 11.7 Å². The molecule has 0 aliphatic rings. The third kappa shape index (κ3) is 2.97. The number of rotatable bonds is 4. The van der Waals surface area contributed by atoms with Crippen LogP contribution in [-0.4, -0.2) is 22.0 Å². The summed E-state index contributed by atoms with van der Waals surface area (Å²) in [5.74, 6) is 2.15. The number of nitrogens with one attached hydrogen (secondary N) is 1. The van der Waals surface area contributed by atoms with Crippen LogP contribution < -0.4 is 5.32 Å². The van der Waals surface area contributed by atoms with E-state index in [1.54, 1.807) is 16.8 Å². The summed E-state index contributed by atoms with van der Waals surface area (Å²) in [6.07, 6.45) is 0.951. The number of anilines is 1. The molecule has 0 amide bonds. The van der Waals surface area contributed by atoms with Crippen molar-refractivity contribution in [3.05, 3.63) is 20.2 Å². The van der Waals surface area contributed by atoms with Crippen LogP contribution in [0.15, 0.2) is 10.9 Å². The normalized spacial score (nSPS) is 10.9. The first kappa shape index (κ1) is 13.7. The third-order valence-corrected chi connectivity index (χ3v) is 4.14. The zero-order chi connectivity index (χ0) is 13.1. The lowest BCUT2D eigenvalue weighted by Crippen LogP contribution is -2.07. The maximum absolute atomic E-state index is 4.65. The maximum atomic E-state index is 4.65. The van der Waals surface area contributed by atoms with Gasteiger partial charge in [-0.15, -0.1) is 11.3 Å². The van der Waals surface area contributed by atoms with Crippen LogP contribution in [0.5, 0.6) is 0 Å². The van der Waals surface area contributed by atoms with Crippen molar-refractivity contribution in [2.45, 2.75) is 20.3 Å². The first-order chi connectivity index (χ1) is 8.61. The van der Waals surface area contributed by atoms with E-state index in [1.807, 2.05) is 12.4 Å². The Kier molecular flexibility index (Phi) is 4.50. The van der Waals surface area contributed by atoms with E-state index in [9.17, 15) is 0 Å². The van der Waals surface area contributed by atoms with Crippen LogP contribution in [0.1, 0.15) is 19.5 Å². The molecule has 0 atom stereocenters. The summed E-state index contributed by atoms with van der Waals surface area (Å²) in [5, 5.41) is 5.10. The predicted molar refractivity (Wildman–Crippen MR) is 83.9 cm³/mol. The van der Waals surface area contributed by atoms with Gasteiger partial charge in [0.05, 0.1) is 14.8 Å². The highest BCUT2D eigenvalue weighted by atomic mass is 127. The van der Waals surface area contributed by atoms with Crippen LogP contribution in [0, 0.1) is 9.49 Å². The van der Waals surface area contributed by atoms with E-state index in [0.717, 1.165) is 27.2 Å². The lowest BCUT2D eigenvalue weighted by molar-refractivity contribution is 0.632. The summed E-state index contributed by atoms with van der Waals surface area (Å²) < 4.78 is 1.10. The highest BCUT2D eigenvalue weighted by molar-refractivity contribution is 14.1. The van der Waals surface area contributed by atoms with Gasteiger partial charge in [0.15, 0.2) is 5.82 Å². The van der Waals surface area contributed by atoms with Gasteiger partial charge in [0.25, 0.3) is 0 Å². The van der Waals surface area contributed by atoms with Crippen molar-refractivity contribution in [1.29, 1.82) is 0 Å².